The Morgan fingerprint density at radius 1 is 1.40 bits per heavy atom. The van der Waals surface area contributed by atoms with Crippen LogP contribution in [0.15, 0.2) is 28.7 Å². The molecule has 0 aliphatic carbocycles. The highest BCUT2D eigenvalue weighted by molar-refractivity contribution is 9.10. The lowest BCUT2D eigenvalue weighted by Gasteiger charge is -2.04. The minimum absolute atomic E-state index is 0.288. The first-order valence-electron chi connectivity index (χ1n) is 4.70. The minimum atomic E-state index is -0.288. The zero-order valence-corrected chi connectivity index (χ0v) is 9.81. The van der Waals surface area contributed by atoms with Gasteiger partial charge in [0.25, 0.3) is 0 Å². The van der Waals surface area contributed by atoms with Crippen molar-refractivity contribution in [3.63, 3.8) is 0 Å². The summed E-state index contributed by atoms with van der Waals surface area (Å²) in [7, 11) is 0. The maximum atomic E-state index is 13.3. The molecule has 2 rings (SSSR count). The van der Waals surface area contributed by atoms with Crippen LogP contribution in [0.4, 0.5) is 10.2 Å². The average Bonchev–Trinajstić information content (AvgIpc) is 2.21. The van der Waals surface area contributed by atoms with Crippen LogP contribution in [-0.4, -0.2) is 11.5 Å². The van der Waals surface area contributed by atoms with Crippen LogP contribution in [0.1, 0.15) is 6.92 Å². The van der Waals surface area contributed by atoms with E-state index in [2.05, 4.69) is 26.2 Å². The Morgan fingerprint density at radius 3 is 2.93 bits per heavy atom. The van der Waals surface area contributed by atoms with E-state index >= 15 is 0 Å². The number of pyridine rings is 1. The first kappa shape index (κ1) is 10.4. The maximum Gasteiger partial charge on any atom is 0.139 e. The molecule has 0 spiro atoms. The van der Waals surface area contributed by atoms with Gasteiger partial charge in [-0.05, 0) is 41.1 Å². The van der Waals surface area contributed by atoms with Crippen LogP contribution in [0.3, 0.4) is 0 Å². The fraction of sp³-hybridized carbons (Fsp3) is 0.182. The van der Waals surface area contributed by atoms with Gasteiger partial charge in [-0.1, -0.05) is 0 Å². The summed E-state index contributed by atoms with van der Waals surface area (Å²) in [5.74, 6) is 0.482. The zero-order chi connectivity index (χ0) is 10.8. The number of nitrogens with zero attached hydrogens (tertiary/aromatic N) is 1. The van der Waals surface area contributed by atoms with Crippen molar-refractivity contribution >= 4 is 32.7 Å². The third kappa shape index (κ3) is 2.09. The monoisotopic (exact) mass is 268 g/mol. The standard InChI is InChI=1S/C11H10BrFN2/c1-2-14-11-4-3-7-5-8(12)9(13)6-10(7)15-11/h3-6H,2H2,1H3,(H,14,15). The van der Waals surface area contributed by atoms with Crippen LogP contribution in [-0.2, 0) is 0 Å². The van der Waals surface area contributed by atoms with E-state index < -0.39 is 0 Å². The van der Waals surface area contributed by atoms with Crippen LogP contribution >= 0.6 is 15.9 Å². The topological polar surface area (TPSA) is 24.9 Å². The number of rotatable bonds is 2. The molecule has 0 fully saturated rings. The number of anilines is 1. The van der Waals surface area contributed by atoms with Crippen molar-refractivity contribution < 1.29 is 4.39 Å². The Hall–Kier alpha value is -1.16. The molecule has 0 amide bonds. The first-order valence-corrected chi connectivity index (χ1v) is 5.49. The summed E-state index contributed by atoms with van der Waals surface area (Å²) >= 11 is 3.15. The number of hydrogen-bond donors (Lipinski definition) is 1. The fourth-order valence-corrected chi connectivity index (χ4v) is 1.76. The van der Waals surface area contributed by atoms with Crippen LogP contribution in [0, 0.1) is 5.82 Å². The maximum absolute atomic E-state index is 13.3. The first-order chi connectivity index (χ1) is 7.20. The molecule has 0 radical (unpaired) electrons. The second kappa shape index (κ2) is 4.14. The van der Waals surface area contributed by atoms with Crippen molar-refractivity contribution in [2.45, 2.75) is 6.92 Å². The molecule has 1 heterocycles. The van der Waals surface area contributed by atoms with Gasteiger partial charge in [-0.2, -0.15) is 0 Å². The summed E-state index contributed by atoms with van der Waals surface area (Å²) < 4.78 is 13.7. The third-order valence-electron chi connectivity index (χ3n) is 2.09. The van der Waals surface area contributed by atoms with E-state index in [1.807, 2.05) is 19.1 Å². The van der Waals surface area contributed by atoms with Gasteiger partial charge in [0.1, 0.15) is 11.6 Å². The predicted molar refractivity (Wildman–Crippen MR) is 63.6 cm³/mol. The Morgan fingerprint density at radius 2 is 2.20 bits per heavy atom. The highest BCUT2D eigenvalue weighted by Crippen LogP contribution is 2.23. The zero-order valence-electron chi connectivity index (χ0n) is 8.22. The number of benzene rings is 1. The average molecular weight is 269 g/mol. The highest BCUT2D eigenvalue weighted by Gasteiger charge is 2.03. The molecule has 1 aromatic heterocycles. The largest absolute Gasteiger partial charge is 0.370 e. The molecule has 0 unspecified atom stereocenters. The molecule has 4 heteroatoms. The van der Waals surface area contributed by atoms with Crippen molar-refractivity contribution in [1.29, 1.82) is 0 Å². The molecule has 78 valence electrons. The molecule has 0 bridgehead atoms. The number of halogens is 2. The summed E-state index contributed by atoms with van der Waals surface area (Å²) in [4.78, 5) is 4.29. The van der Waals surface area contributed by atoms with E-state index in [9.17, 15) is 4.39 Å². The lowest BCUT2D eigenvalue weighted by atomic mass is 10.2. The van der Waals surface area contributed by atoms with Crippen molar-refractivity contribution in [3.05, 3.63) is 34.6 Å². The number of fused-ring (bicyclic) bond motifs is 1. The molecule has 0 saturated carbocycles. The second-order valence-electron chi connectivity index (χ2n) is 3.19. The molecular formula is C11H10BrFN2. The Kier molecular flexibility index (Phi) is 2.86. The molecule has 0 atom stereocenters. The molecule has 1 N–H and O–H groups in total. The second-order valence-corrected chi connectivity index (χ2v) is 4.04. The third-order valence-corrected chi connectivity index (χ3v) is 2.70. The fourth-order valence-electron chi connectivity index (χ4n) is 1.40. The lowest BCUT2D eigenvalue weighted by molar-refractivity contribution is 0.623. The van der Waals surface area contributed by atoms with Gasteiger partial charge in [-0.15, -0.1) is 0 Å². The molecule has 0 saturated heterocycles. The normalized spacial score (nSPS) is 10.6. The molecule has 0 aliphatic heterocycles. The van der Waals surface area contributed by atoms with Crippen LogP contribution < -0.4 is 5.32 Å². The summed E-state index contributed by atoms with van der Waals surface area (Å²) in [6.07, 6.45) is 0. The van der Waals surface area contributed by atoms with E-state index in [0.717, 1.165) is 17.7 Å². The summed E-state index contributed by atoms with van der Waals surface area (Å²) in [5, 5.41) is 4.01. The number of aromatic nitrogens is 1. The molecule has 2 aromatic rings. The lowest BCUT2D eigenvalue weighted by Crippen LogP contribution is -1.98. The Bertz CT molecular complexity index is 499. The molecule has 1 aromatic carbocycles. The van der Waals surface area contributed by atoms with Gasteiger partial charge in [0, 0.05) is 18.0 Å². The minimum Gasteiger partial charge on any atom is -0.370 e. The van der Waals surface area contributed by atoms with Crippen LogP contribution in [0.2, 0.25) is 0 Å². The van der Waals surface area contributed by atoms with E-state index in [1.54, 1.807) is 6.07 Å². The van der Waals surface area contributed by atoms with Gasteiger partial charge in [0.2, 0.25) is 0 Å². The van der Waals surface area contributed by atoms with Crippen LogP contribution in [0.25, 0.3) is 10.9 Å². The van der Waals surface area contributed by atoms with E-state index in [0.29, 0.717) is 9.99 Å². The van der Waals surface area contributed by atoms with E-state index in [-0.39, 0.29) is 5.82 Å². The SMILES string of the molecule is CCNc1ccc2cc(Br)c(F)cc2n1. The number of hydrogen-bond acceptors (Lipinski definition) is 2. The molecular weight excluding hydrogens is 259 g/mol. The van der Waals surface area contributed by atoms with Crippen molar-refractivity contribution in [1.82, 2.24) is 4.98 Å². The van der Waals surface area contributed by atoms with Crippen molar-refractivity contribution in [3.8, 4) is 0 Å². The van der Waals surface area contributed by atoms with Crippen molar-refractivity contribution in [2.75, 3.05) is 11.9 Å². The molecule has 15 heavy (non-hydrogen) atoms. The Balaban J connectivity index is 2.56. The van der Waals surface area contributed by atoms with Gasteiger partial charge in [0.05, 0.1) is 9.99 Å². The molecule has 0 aliphatic rings. The highest BCUT2D eigenvalue weighted by atomic mass is 79.9. The summed E-state index contributed by atoms with van der Waals surface area (Å²) in [5.41, 5.74) is 0.661. The van der Waals surface area contributed by atoms with Gasteiger partial charge in [-0.3, -0.25) is 0 Å². The Labute approximate surface area is 95.6 Å². The van der Waals surface area contributed by atoms with Gasteiger partial charge < -0.3 is 5.32 Å². The van der Waals surface area contributed by atoms with Crippen LogP contribution in [0.5, 0.6) is 0 Å². The van der Waals surface area contributed by atoms with E-state index in [4.69, 9.17) is 0 Å². The summed E-state index contributed by atoms with van der Waals surface area (Å²) in [6, 6.07) is 6.97. The van der Waals surface area contributed by atoms with E-state index in [1.165, 1.54) is 6.07 Å². The number of nitrogens with one attached hydrogen (secondary N) is 1. The predicted octanol–water partition coefficient (Wildman–Crippen LogP) is 3.57. The quantitative estimate of drug-likeness (QED) is 0.901. The van der Waals surface area contributed by atoms with Gasteiger partial charge in [0.15, 0.2) is 0 Å². The molecule has 2 nitrogen and oxygen atoms in total. The smallest absolute Gasteiger partial charge is 0.139 e. The van der Waals surface area contributed by atoms with Crippen molar-refractivity contribution in [2.24, 2.45) is 0 Å². The van der Waals surface area contributed by atoms with Gasteiger partial charge >= 0.3 is 0 Å². The van der Waals surface area contributed by atoms with Gasteiger partial charge in [-0.25, -0.2) is 9.37 Å². The summed E-state index contributed by atoms with van der Waals surface area (Å²) in [6.45, 7) is 2.80.